The summed E-state index contributed by atoms with van der Waals surface area (Å²) in [4.78, 5) is 0. The van der Waals surface area contributed by atoms with Gasteiger partial charge in [0.05, 0.1) is 6.04 Å². The lowest BCUT2D eigenvalue weighted by atomic mass is 9.94. The predicted molar refractivity (Wildman–Crippen MR) is 76.7 cm³/mol. The molecule has 0 unspecified atom stereocenters. The lowest BCUT2D eigenvalue weighted by molar-refractivity contribution is -0.116. The lowest BCUT2D eigenvalue weighted by Gasteiger charge is -2.29. The summed E-state index contributed by atoms with van der Waals surface area (Å²) in [5, 5.41) is 11.5. The zero-order valence-electron chi connectivity index (χ0n) is 10.7. The van der Waals surface area contributed by atoms with Crippen molar-refractivity contribution in [3.63, 3.8) is 0 Å². The normalized spacial score (nSPS) is 20.1. The molecule has 2 aromatic carbocycles. The number of hydroxylamine groups is 2. The second kappa shape index (κ2) is 5.39. The highest BCUT2D eigenvalue weighted by Gasteiger charge is 2.22. The molecule has 96 valence electrons. The highest BCUT2D eigenvalue weighted by atomic mass is 16.5. The molecule has 0 saturated carbocycles. The lowest BCUT2D eigenvalue weighted by Crippen LogP contribution is -2.28. The van der Waals surface area contributed by atoms with E-state index < -0.39 is 0 Å². The molecule has 1 N–H and O–H groups in total. The molecule has 1 aliphatic rings. The molecule has 2 heteroatoms. The molecular weight excluding hydrogens is 234 g/mol. The van der Waals surface area contributed by atoms with Gasteiger partial charge < -0.3 is 5.21 Å². The van der Waals surface area contributed by atoms with E-state index in [-0.39, 0.29) is 6.04 Å². The first-order chi connectivity index (χ1) is 9.34. The van der Waals surface area contributed by atoms with E-state index in [9.17, 15) is 5.21 Å². The third-order valence-corrected chi connectivity index (χ3v) is 3.58. The first-order valence-electron chi connectivity index (χ1n) is 6.61. The van der Waals surface area contributed by atoms with E-state index in [2.05, 4.69) is 42.5 Å². The van der Waals surface area contributed by atoms with Crippen molar-refractivity contribution in [1.29, 1.82) is 0 Å². The molecule has 0 aliphatic carbocycles. The molecule has 0 fully saturated rings. The summed E-state index contributed by atoms with van der Waals surface area (Å²) in [6.07, 6.45) is 3.04. The highest BCUT2D eigenvalue weighted by Crippen LogP contribution is 2.32. The van der Waals surface area contributed by atoms with E-state index in [4.69, 9.17) is 0 Å². The maximum atomic E-state index is 10.1. The van der Waals surface area contributed by atoms with Crippen LogP contribution in [0.15, 0.2) is 66.7 Å². The third-order valence-electron chi connectivity index (χ3n) is 3.58. The van der Waals surface area contributed by atoms with Gasteiger partial charge in [0.15, 0.2) is 0 Å². The molecule has 2 nitrogen and oxygen atoms in total. The molecule has 1 heterocycles. The number of hydrogen-bond donors (Lipinski definition) is 1. The van der Waals surface area contributed by atoms with Crippen LogP contribution in [0.3, 0.4) is 0 Å². The number of nitrogens with zero attached hydrogens (tertiary/aromatic N) is 1. The van der Waals surface area contributed by atoms with Crippen molar-refractivity contribution < 1.29 is 5.21 Å². The van der Waals surface area contributed by atoms with Crippen LogP contribution in [0.2, 0.25) is 0 Å². The highest BCUT2D eigenvalue weighted by molar-refractivity contribution is 5.67. The van der Waals surface area contributed by atoms with Crippen LogP contribution < -0.4 is 0 Å². The maximum Gasteiger partial charge on any atom is 0.0786 e. The predicted octanol–water partition coefficient (Wildman–Crippen LogP) is 3.91. The first-order valence-corrected chi connectivity index (χ1v) is 6.61. The van der Waals surface area contributed by atoms with Gasteiger partial charge in [-0.3, -0.25) is 0 Å². The molecule has 0 amide bonds. The molecule has 0 spiro atoms. The topological polar surface area (TPSA) is 23.5 Å². The number of benzene rings is 2. The Hall–Kier alpha value is -1.90. The molecule has 1 aliphatic heterocycles. The van der Waals surface area contributed by atoms with Crippen molar-refractivity contribution in [2.24, 2.45) is 0 Å². The summed E-state index contributed by atoms with van der Waals surface area (Å²) in [5.74, 6) is 0. The van der Waals surface area contributed by atoms with E-state index in [1.165, 1.54) is 16.2 Å². The van der Waals surface area contributed by atoms with Crippen molar-refractivity contribution in [1.82, 2.24) is 5.06 Å². The minimum absolute atomic E-state index is 0.0508. The van der Waals surface area contributed by atoms with Crippen molar-refractivity contribution in [2.45, 2.75) is 12.5 Å². The Labute approximate surface area is 113 Å². The largest absolute Gasteiger partial charge is 0.313 e. The van der Waals surface area contributed by atoms with Gasteiger partial charge >= 0.3 is 0 Å². The fraction of sp³-hybridized carbons (Fsp3) is 0.176. The van der Waals surface area contributed by atoms with Gasteiger partial charge in [0.2, 0.25) is 0 Å². The zero-order valence-corrected chi connectivity index (χ0v) is 10.7. The van der Waals surface area contributed by atoms with Crippen LogP contribution in [0.4, 0.5) is 0 Å². The van der Waals surface area contributed by atoms with Gasteiger partial charge in [-0.2, -0.15) is 5.06 Å². The van der Waals surface area contributed by atoms with Crippen LogP contribution in [0.5, 0.6) is 0 Å². The SMILES string of the molecule is ON1CCC(c2ccccc2)=C[C@@H]1c1ccccc1. The van der Waals surface area contributed by atoms with E-state index in [1.807, 2.05) is 24.3 Å². The van der Waals surface area contributed by atoms with Crippen LogP contribution in [0.25, 0.3) is 5.57 Å². The summed E-state index contributed by atoms with van der Waals surface area (Å²) in [7, 11) is 0. The molecule has 0 bridgehead atoms. The molecule has 1 atom stereocenters. The van der Waals surface area contributed by atoms with E-state index in [0.29, 0.717) is 6.54 Å². The van der Waals surface area contributed by atoms with Crippen LogP contribution in [0, 0.1) is 0 Å². The second-order valence-corrected chi connectivity index (χ2v) is 4.83. The minimum atomic E-state index is -0.0508. The summed E-state index contributed by atoms with van der Waals surface area (Å²) in [5.41, 5.74) is 3.68. The van der Waals surface area contributed by atoms with Gasteiger partial charge in [-0.25, -0.2) is 0 Å². The van der Waals surface area contributed by atoms with Crippen molar-refractivity contribution in [3.8, 4) is 0 Å². The smallest absolute Gasteiger partial charge is 0.0786 e. The van der Waals surface area contributed by atoms with E-state index in [0.717, 1.165) is 12.0 Å². The zero-order chi connectivity index (χ0) is 13.1. The molecule has 0 radical (unpaired) electrons. The Morgan fingerprint density at radius 2 is 1.53 bits per heavy atom. The van der Waals surface area contributed by atoms with Crippen LogP contribution >= 0.6 is 0 Å². The fourth-order valence-electron chi connectivity index (χ4n) is 2.55. The average molecular weight is 251 g/mol. The minimum Gasteiger partial charge on any atom is -0.313 e. The van der Waals surface area contributed by atoms with Crippen LogP contribution in [-0.2, 0) is 0 Å². The molecule has 19 heavy (non-hydrogen) atoms. The van der Waals surface area contributed by atoms with E-state index >= 15 is 0 Å². The van der Waals surface area contributed by atoms with Crippen molar-refractivity contribution >= 4 is 5.57 Å². The van der Waals surface area contributed by atoms with Crippen LogP contribution in [-0.4, -0.2) is 16.8 Å². The average Bonchev–Trinajstić information content (AvgIpc) is 2.49. The Morgan fingerprint density at radius 1 is 0.895 bits per heavy atom. The number of hydrogen-bond acceptors (Lipinski definition) is 2. The van der Waals surface area contributed by atoms with Gasteiger partial charge in [0.25, 0.3) is 0 Å². The Kier molecular flexibility index (Phi) is 3.45. The number of rotatable bonds is 2. The molecule has 0 aromatic heterocycles. The van der Waals surface area contributed by atoms with Gasteiger partial charge in [0, 0.05) is 6.54 Å². The second-order valence-electron chi connectivity index (χ2n) is 4.83. The van der Waals surface area contributed by atoms with E-state index in [1.54, 1.807) is 0 Å². The molecule has 2 aromatic rings. The summed E-state index contributed by atoms with van der Waals surface area (Å²) in [6.45, 7) is 0.667. The summed E-state index contributed by atoms with van der Waals surface area (Å²) >= 11 is 0. The third kappa shape index (κ3) is 2.60. The van der Waals surface area contributed by atoms with Crippen molar-refractivity contribution in [2.75, 3.05) is 6.54 Å². The molecule has 0 saturated heterocycles. The summed E-state index contributed by atoms with van der Waals surface area (Å²) in [6, 6.07) is 20.5. The maximum absolute atomic E-state index is 10.1. The Morgan fingerprint density at radius 3 is 2.21 bits per heavy atom. The van der Waals surface area contributed by atoms with Crippen LogP contribution in [0.1, 0.15) is 23.6 Å². The first kappa shape index (κ1) is 12.2. The van der Waals surface area contributed by atoms with Crippen molar-refractivity contribution in [3.05, 3.63) is 77.9 Å². The molecular formula is C17H17NO. The monoisotopic (exact) mass is 251 g/mol. The molecule has 3 rings (SSSR count). The quantitative estimate of drug-likeness (QED) is 0.874. The summed E-state index contributed by atoms with van der Waals surface area (Å²) < 4.78 is 0. The van der Waals surface area contributed by atoms with Gasteiger partial charge in [-0.05, 0) is 23.1 Å². The van der Waals surface area contributed by atoms with Gasteiger partial charge in [0.1, 0.15) is 0 Å². The fourth-order valence-corrected chi connectivity index (χ4v) is 2.55. The Bertz CT molecular complexity index is 562. The standard InChI is InChI=1S/C17H17NO/c19-18-12-11-16(14-7-3-1-4-8-14)13-17(18)15-9-5-2-6-10-15/h1-10,13,17,19H,11-12H2/t17-/m1/s1. The van der Waals surface area contributed by atoms with Gasteiger partial charge in [-0.1, -0.05) is 66.7 Å². The van der Waals surface area contributed by atoms with Gasteiger partial charge in [-0.15, -0.1) is 0 Å². The Balaban J connectivity index is 1.96.